The molecule has 3 heteroatoms. The lowest BCUT2D eigenvalue weighted by Gasteiger charge is -1.89. The molecule has 1 aromatic heterocycles. The molecule has 8 heavy (non-hydrogen) atoms. The van der Waals surface area contributed by atoms with Gasteiger partial charge >= 0.3 is 0 Å². The van der Waals surface area contributed by atoms with Gasteiger partial charge in [0.2, 0.25) is 0 Å². The number of rotatable bonds is 0. The first-order chi connectivity index (χ1) is 3.79. The maximum atomic E-state index is 5.24. The van der Waals surface area contributed by atoms with E-state index in [-0.39, 0.29) is 0 Å². The van der Waals surface area contributed by atoms with Gasteiger partial charge in [-0.2, -0.15) is 0 Å². The van der Waals surface area contributed by atoms with Crippen molar-refractivity contribution >= 4 is 5.82 Å². The van der Waals surface area contributed by atoms with Gasteiger partial charge in [-0.15, -0.1) is 0 Å². The fourth-order valence-electron chi connectivity index (χ4n) is 0.423. The SMILES string of the molecule is [CH2]c1cncc(N)n1. The number of nitrogens with zero attached hydrogens (tertiary/aromatic N) is 2. The molecule has 0 aromatic carbocycles. The maximum Gasteiger partial charge on any atom is 0.142 e. The highest BCUT2D eigenvalue weighted by molar-refractivity contribution is 5.24. The van der Waals surface area contributed by atoms with Gasteiger partial charge in [-0.05, 0) is 6.92 Å². The van der Waals surface area contributed by atoms with Gasteiger partial charge in [0, 0.05) is 6.20 Å². The van der Waals surface area contributed by atoms with Gasteiger partial charge in [-0.1, -0.05) is 0 Å². The number of nitrogen functional groups attached to an aromatic ring is 1. The van der Waals surface area contributed by atoms with Crippen LogP contribution in [0.5, 0.6) is 0 Å². The van der Waals surface area contributed by atoms with E-state index in [1.165, 1.54) is 6.20 Å². The summed E-state index contributed by atoms with van der Waals surface area (Å²) in [5.41, 5.74) is 5.85. The highest BCUT2D eigenvalue weighted by atomic mass is 14.9. The Morgan fingerprint density at radius 1 is 1.50 bits per heavy atom. The summed E-state index contributed by atoms with van der Waals surface area (Å²) in [6.07, 6.45) is 3.03. The van der Waals surface area contributed by atoms with Crippen molar-refractivity contribution < 1.29 is 0 Å². The molecule has 2 N–H and O–H groups in total. The largest absolute Gasteiger partial charge is 0.382 e. The van der Waals surface area contributed by atoms with Crippen LogP contribution in [-0.2, 0) is 0 Å². The van der Waals surface area contributed by atoms with Crippen molar-refractivity contribution in [3.05, 3.63) is 25.0 Å². The van der Waals surface area contributed by atoms with Crippen molar-refractivity contribution in [2.75, 3.05) is 5.73 Å². The molecule has 1 heterocycles. The number of anilines is 1. The third kappa shape index (κ3) is 0.932. The molecule has 0 aliphatic carbocycles. The molecule has 0 spiro atoms. The van der Waals surface area contributed by atoms with E-state index in [0.717, 1.165) is 0 Å². The first-order valence-corrected chi connectivity index (χ1v) is 2.18. The van der Waals surface area contributed by atoms with E-state index in [1.54, 1.807) is 6.20 Å². The summed E-state index contributed by atoms with van der Waals surface area (Å²) in [7, 11) is 0. The summed E-state index contributed by atoms with van der Waals surface area (Å²) in [4.78, 5) is 7.51. The van der Waals surface area contributed by atoms with Gasteiger partial charge in [0.1, 0.15) is 5.82 Å². The van der Waals surface area contributed by atoms with Gasteiger partial charge in [0.15, 0.2) is 0 Å². The number of aromatic nitrogens is 2. The van der Waals surface area contributed by atoms with Gasteiger partial charge in [0.05, 0.1) is 11.9 Å². The number of hydrogen-bond acceptors (Lipinski definition) is 3. The minimum atomic E-state index is 0.414. The molecular weight excluding hydrogens is 102 g/mol. The van der Waals surface area contributed by atoms with Crippen LogP contribution in [0, 0.1) is 6.92 Å². The van der Waals surface area contributed by atoms with Crippen LogP contribution in [0.2, 0.25) is 0 Å². The smallest absolute Gasteiger partial charge is 0.142 e. The van der Waals surface area contributed by atoms with Gasteiger partial charge in [0.25, 0.3) is 0 Å². The van der Waals surface area contributed by atoms with Crippen molar-refractivity contribution in [1.82, 2.24) is 9.97 Å². The second kappa shape index (κ2) is 1.78. The zero-order chi connectivity index (χ0) is 5.98. The minimum Gasteiger partial charge on any atom is -0.382 e. The van der Waals surface area contributed by atoms with Crippen molar-refractivity contribution in [3.63, 3.8) is 0 Å². The maximum absolute atomic E-state index is 5.24. The quantitative estimate of drug-likeness (QED) is 0.518. The fourth-order valence-corrected chi connectivity index (χ4v) is 0.423. The molecule has 0 atom stereocenters. The molecule has 0 amide bonds. The molecule has 0 aliphatic heterocycles. The van der Waals surface area contributed by atoms with Crippen LogP contribution >= 0.6 is 0 Å². The van der Waals surface area contributed by atoms with Gasteiger partial charge in [-0.25, -0.2) is 4.98 Å². The summed E-state index contributed by atoms with van der Waals surface area (Å²) in [5, 5.41) is 0. The molecule has 1 aromatic rings. The molecule has 0 bridgehead atoms. The summed E-state index contributed by atoms with van der Waals surface area (Å²) in [6.45, 7) is 3.53. The van der Waals surface area contributed by atoms with E-state index in [0.29, 0.717) is 11.5 Å². The molecule has 1 rings (SSSR count). The molecule has 1 radical (unpaired) electrons. The lowest BCUT2D eigenvalue weighted by Crippen LogP contribution is -1.91. The van der Waals surface area contributed by atoms with Crippen LogP contribution in [0.15, 0.2) is 12.4 Å². The van der Waals surface area contributed by atoms with E-state index in [4.69, 9.17) is 5.73 Å². The van der Waals surface area contributed by atoms with Gasteiger partial charge < -0.3 is 5.73 Å². The second-order valence-corrected chi connectivity index (χ2v) is 1.44. The molecule has 0 fully saturated rings. The average molecular weight is 108 g/mol. The van der Waals surface area contributed by atoms with Crippen molar-refractivity contribution in [2.45, 2.75) is 0 Å². The third-order valence-corrected chi connectivity index (χ3v) is 0.703. The van der Waals surface area contributed by atoms with E-state index < -0.39 is 0 Å². The fraction of sp³-hybridized carbons (Fsp3) is 0. The zero-order valence-electron chi connectivity index (χ0n) is 4.33. The van der Waals surface area contributed by atoms with E-state index in [2.05, 4.69) is 16.9 Å². The number of hydrogen-bond donors (Lipinski definition) is 1. The van der Waals surface area contributed by atoms with Crippen LogP contribution in [0.25, 0.3) is 0 Å². The summed E-state index contributed by atoms with van der Waals surface area (Å²) in [5.74, 6) is 0.414. The van der Waals surface area contributed by atoms with Crippen LogP contribution in [0.4, 0.5) is 5.82 Å². The van der Waals surface area contributed by atoms with Crippen LogP contribution < -0.4 is 5.73 Å². The summed E-state index contributed by atoms with van der Waals surface area (Å²) < 4.78 is 0. The van der Waals surface area contributed by atoms with Gasteiger partial charge in [-0.3, -0.25) is 4.98 Å². The summed E-state index contributed by atoms with van der Waals surface area (Å²) >= 11 is 0. The Morgan fingerprint density at radius 3 is 2.62 bits per heavy atom. The lowest BCUT2D eigenvalue weighted by atomic mass is 10.5. The highest BCUT2D eigenvalue weighted by Gasteiger charge is 1.84. The van der Waals surface area contributed by atoms with E-state index in [9.17, 15) is 0 Å². The molecule has 41 valence electrons. The van der Waals surface area contributed by atoms with Crippen molar-refractivity contribution in [3.8, 4) is 0 Å². The Balaban J connectivity index is 3.08. The number of nitrogens with two attached hydrogens (primary N) is 1. The minimum absolute atomic E-state index is 0.414. The predicted octanol–water partition coefficient (Wildman–Crippen LogP) is 0.241. The first kappa shape index (κ1) is 5.03. The van der Waals surface area contributed by atoms with E-state index >= 15 is 0 Å². The Hall–Kier alpha value is -1.12. The third-order valence-electron chi connectivity index (χ3n) is 0.703. The first-order valence-electron chi connectivity index (χ1n) is 2.18. The van der Waals surface area contributed by atoms with Crippen LogP contribution in [-0.4, -0.2) is 9.97 Å². The Kier molecular flexibility index (Phi) is 1.12. The average Bonchev–Trinajstić information content (AvgIpc) is 1.64. The molecule has 0 saturated carbocycles. The van der Waals surface area contributed by atoms with E-state index in [1.807, 2.05) is 0 Å². The lowest BCUT2D eigenvalue weighted by molar-refractivity contribution is 1.17. The normalized spacial score (nSPS) is 9.12. The Bertz CT molecular complexity index is 168. The second-order valence-electron chi connectivity index (χ2n) is 1.44. The van der Waals surface area contributed by atoms with Crippen LogP contribution in [0.1, 0.15) is 5.69 Å². The van der Waals surface area contributed by atoms with Crippen LogP contribution in [0.3, 0.4) is 0 Å². The Labute approximate surface area is 47.6 Å². The molecule has 3 nitrogen and oxygen atoms in total. The molecule has 0 saturated heterocycles. The molecule has 0 unspecified atom stereocenters. The Morgan fingerprint density at radius 2 is 2.25 bits per heavy atom. The predicted molar refractivity (Wildman–Crippen MR) is 30.9 cm³/mol. The van der Waals surface area contributed by atoms with Crippen molar-refractivity contribution in [1.29, 1.82) is 0 Å². The molecular formula is C5H6N3. The summed E-state index contributed by atoms with van der Waals surface area (Å²) in [6, 6.07) is 0. The highest BCUT2D eigenvalue weighted by Crippen LogP contribution is 1.92. The monoisotopic (exact) mass is 108 g/mol. The standard InChI is InChI=1S/C5H6N3/c1-4-2-7-3-5(6)8-4/h2-3H,1H2,(H2,6,8). The topological polar surface area (TPSA) is 51.8 Å². The molecule has 0 aliphatic rings. The zero-order valence-corrected chi connectivity index (χ0v) is 4.33. The van der Waals surface area contributed by atoms with Crippen molar-refractivity contribution in [2.24, 2.45) is 0 Å².